The summed E-state index contributed by atoms with van der Waals surface area (Å²) in [5.41, 5.74) is 1.82. The quantitative estimate of drug-likeness (QED) is 0.700. The van der Waals surface area contributed by atoms with Crippen LogP contribution < -0.4 is 0 Å². The van der Waals surface area contributed by atoms with Crippen molar-refractivity contribution in [1.29, 1.82) is 0 Å². The van der Waals surface area contributed by atoms with Gasteiger partial charge in [0, 0.05) is 18.0 Å². The van der Waals surface area contributed by atoms with Crippen LogP contribution >= 0.6 is 11.8 Å². The van der Waals surface area contributed by atoms with Gasteiger partial charge in [0.25, 0.3) is 0 Å². The summed E-state index contributed by atoms with van der Waals surface area (Å²) in [6, 6.07) is 1.78. The molecule has 0 aliphatic carbocycles. The number of rotatable bonds is 2. The normalized spacial score (nSPS) is 9.83. The third-order valence-corrected chi connectivity index (χ3v) is 2.28. The Bertz CT molecular complexity index is 286. The van der Waals surface area contributed by atoms with Gasteiger partial charge in [-0.15, -0.1) is 0 Å². The maximum absolute atomic E-state index is 11.3. The highest BCUT2D eigenvalue weighted by molar-refractivity contribution is 8.13. The Labute approximate surface area is 76.4 Å². The third-order valence-electron chi connectivity index (χ3n) is 1.69. The van der Waals surface area contributed by atoms with Gasteiger partial charge in [-0.3, -0.25) is 9.78 Å². The number of carbonyl (C=O) groups is 1. The van der Waals surface area contributed by atoms with Crippen molar-refractivity contribution in [3.05, 3.63) is 29.6 Å². The lowest BCUT2D eigenvalue weighted by atomic mass is 10.1. The molecule has 1 aromatic heterocycles. The minimum atomic E-state index is 0.120. The zero-order valence-corrected chi connectivity index (χ0v) is 8.02. The average molecular weight is 181 g/mol. The first-order valence-corrected chi connectivity index (χ1v) is 5.03. The molecular weight excluding hydrogens is 170 g/mol. The Balaban J connectivity index is 3.04. The zero-order chi connectivity index (χ0) is 8.97. The van der Waals surface area contributed by atoms with E-state index in [1.54, 1.807) is 24.7 Å². The maximum atomic E-state index is 11.3. The van der Waals surface area contributed by atoms with Crippen LogP contribution in [0.3, 0.4) is 0 Å². The molecule has 0 radical (unpaired) electrons. The largest absolute Gasteiger partial charge is 0.282 e. The van der Waals surface area contributed by atoms with Crippen LogP contribution in [0.15, 0.2) is 18.5 Å². The van der Waals surface area contributed by atoms with E-state index in [1.807, 2.05) is 6.92 Å². The monoisotopic (exact) mass is 181 g/mol. The lowest BCUT2D eigenvalue weighted by Crippen LogP contribution is -1.98. The summed E-state index contributed by atoms with van der Waals surface area (Å²) in [6.45, 7) is 2.02. The molecule has 2 nitrogen and oxygen atoms in total. The SMILES string of the molecule is CCc1cnccc1C(=O)SC. The Morgan fingerprint density at radius 3 is 3.00 bits per heavy atom. The van der Waals surface area contributed by atoms with Gasteiger partial charge in [-0.2, -0.15) is 0 Å². The fourth-order valence-electron chi connectivity index (χ4n) is 1.02. The molecule has 0 N–H and O–H groups in total. The molecule has 3 heteroatoms. The molecule has 1 heterocycles. The third kappa shape index (κ3) is 1.85. The number of pyridine rings is 1. The van der Waals surface area contributed by atoms with Gasteiger partial charge in [0.1, 0.15) is 0 Å². The lowest BCUT2D eigenvalue weighted by molar-refractivity contribution is 0.108. The predicted molar refractivity (Wildman–Crippen MR) is 51.5 cm³/mol. The first-order chi connectivity index (χ1) is 5.79. The number of aryl methyl sites for hydroxylation is 1. The van der Waals surface area contributed by atoms with Crippen molar-refractivity contribution >= 4 is 16.9 Å². The van der Waals surface area contributed by atoms with Gasteiger partial charge in [0.15, 0.2) is 0 Å². The number of hydrogen-bond donors (Lipinski definition) is 0. The first kappa shape index (κ1) is 9.26. The number of aromatic nitrogens is 1. The van der Waals surface area contributed by atoms with Crippen LogP contribution in [0.5, 0.6) is 0 Å². The number of nitrogens with zero attached hydrogens (tertiary/aromatic N) is 1. The average Bonchev–Trinajstić information content (AvgIpc) is 2.16. The lowest BCUT2D eigenvalue weighted by Gasteiger charge is -2.02. The van der Waals surface area contributed by atoms with E-state index < -0.39 is 0 Å². The molecule has 0 amide bonds. The highest BCUT2D eigenvalue weighted by Gasteiger charge is 2.07. The fourth-order valence-corrected chi connectivity index (χ4v) is 1.44. The molecule has 0 fully saturated rings. The molecule has 0 aliphatic heterocycles. The second-order valence-electron chi connectivity index (χ2n) is 2.38. The number of carbonyl (C=O) groups excluding carboxylic acids is 1. The molecule has 0 saturated carbocycles. The molecule has 0 unspecified atom stereocenters. The van der Waals surface area contributed by atoms with E-state index in [0.717, 1.165) is 17.5 Å². The Hall–Kier alpha value is -0.830. The molecule has 1 rings (SSSR count). The van der Waals surface area contributed by atoms with Crippen LogP contribution in [0, 0.1) is 0 Å². The van der Waals surface area contributed by atoms with E-state index >= 15 is 0 Å². The summed E-state index contributed by atoms with van der Waals surface area (Å²) in [5.74, 6) is 0. The highest BCUT2D eigenvalue weighted by Crippen LogP contribution is 2.13. The van der Waals surface area contributed by atoms with Gasteiger partial charge in [0.2, 0.25) is 5.12 Å². The summed E-state index contributed by atoms with van der Waals surface area (Å²) >= 11 is 1.24. The van der Waals surface area contributed by atoms with Gasteiger partial charge in [-0.25, -0.2) is 0 Å². The second-order valence-corrected chi connectivity index (χ2v) is 3.16. The standard InChI is InChI=1S/C9H11NOS/c1-3-7-6-10-5-4-8(7)9(11)12-2/h4-6H,3H2,1-2H3. The first-order valence-electron chi connectivity index (χ1n) is 3.80. The molecule has 64 valence electrons. The van der Waals surface area contributed by atoms with Gasteiger partial charge in [-0.05, 0) is 24.3 Å². The van der Waals surface area contributed by atoms with E-state index in [0.29, 0.717) is 0 Å². The summed E-state index contributed by atoms with van der Waals surface area (Å²) in [5, 5.41) is 0.120. The van der Waals surface area contributed by atoms with Gasteiger partial charge >= 0.3 is 0 Å². The Kier molecular flexibility index (Phi) is 3.29. The molecule has 0 bridgehead atoms. The van der Waals surface area contributed by atoms with Crippen molar-refractivity contribution in [3.63, 3.8) is 0 Å². The fraction of sp³-hybridized carbons (Fsp3) is 0.333. The van der Waals surface area contributed by atoms with Crippen LogP contribution in [0.4, 0.5) is 0 Å². The van der Waals surface area contributed by atoms with E-state index in [-0.39, 0.29) is 5.12 Å². The van der Waals surface area contributed by atoms with E-state index in [2.05, 4.69) is 4.98 Å². The van der Waals surface area contributed by atoms with Crippen LogP contribution in [0.25, 0.3) is 0 Å². The minimum Gasteiger partial charge on any atom is -0.282 e. The molecule has 0 aliphatic rings. The van der Waals surface area contributed by atoms with Crippen molar-refractivity contribution in [2.45, 2.75) is 13.3 Å². The molecular formula is C9H11NOS. The number of hydrogen-bond acceptors (Lipinski definition) is 3. The number of thioether (sulfide) groups is 1. The highest BCUT2D eigenvalue weighted by atomic mass is 32.2. The molecule has 0 aromatic carbocycles. The van der Waals surface area contributed by atoms with E-state index in [1.165, 1.54) is 11.8 Å². The predicted octanol–water partition coefficient (Wildman–Crippen LogP) is 2.15. The van der Waals surface area contributed by atoms with Gasteiger partial charge in [0.05, 0.1) is 0 Å². The van der Waals surface area contributed by atoms with Gasteiger partial charge in [-0.1, -0.05) is 18.7 Å². The molecule has 0 atom stereocenters. The molecule has 0 saturated heterocycles. The van der Waals surface area contributed by atoms with Crippen LogP contribution in [0.2, 0.25) is 0 Å². The topological polar surface area (TPSA) is 30.0 Å². The minimum absolute atomic E-state index is 0.120. The van der Waals surface area contributed by atoms with Crippen LogP contribution in [-0.4, -0.2) is 16.4 Å². The van der Waals surface area contributed by atoms with Crippen molar-refractivity contribution < 1.29 is 4.79 Å². The van der Waals surface area contributed by atoms with Crippen LogP contribution in [0.1, 0.15) is 22.8 Å². The smallest absolute Gasteiger partial charge is 0.219 e. The Morgan fingerprint density at radius 2 is 2.42 bits per heavy atom. The molecule has 0 spiro atoms. The summed E-state index contributed by atoms with van der Waals surface area (Å²) in [6.07, 6.45) is 6.06. The van der Waals surface area contributed by atoms with Crippen molar-refractivity contribution in [2.24, 2.45) is 0 Å². The van der Waals surface area contributed by atoms with Gasteiger partial charge < -0.3 is 0 Å². The summed E-state index contributed by atoms with van der Waals surface area (Å²) < 4.78 is 0. The van der Waals surface area contributed by atoms with Crippen molar-refractivity contribution in [3.8, 4) is 0 Å². The van der Waals surface area contributed by atoms with E-state index in [4.69, 9.17) is 0 Å². The Morgan fingerprint density at radius 1 is 1.67 bits per heavy atom. The van der Waals surface area contributed by atoms with E-state index in [9.17, 15) is 4.79 Å². The summed E-state index contributed by atoms with van der Waals surface area (Å²) in [4.78, 5) is 15.3. The van der Waals surface area contributed by atoms with Crippen molar-refractivity contribution in [1.82, 2.24) is 4.98 Å². The molecule has 1 aromatic rings. The van der Waals surface area contributed by atoms with Crippen molar-refractivity contribution in [2.75, 3.05) is 6.26 Å². The zero-order valence-electron chi connectivity index (χ0n) is 7.20. The van der Waals surface area contributed by atoms with Crippen LogP contribution in [-0.2, 0) is 6.42 Å². The maximum Gasteiger partial charge on any atom is 0.219 e. The molecule has 12 heavy (non-hydrogen) atoms. The second kappa shape index (κ2) is 4.26. The summed E-state index contributed by atoms with van der Waals surface area (Å²) in [7, 11) is 0.